The van der Waals surface area contributed by atoms with E-state index in [0.717, 1.165) is 37.3 Å². The van der Waals surface area contributed by atoms with Crippen LogP contribution in [0.2, 0.25) is 0 Å². The number of hydrogen-bond donors (Lipinski definition) is 2. The highest BCUT2D eigenvalue weighted by Gasteiger charge is 2.31. The largest absolute Gasteiger partial charge is 0.469 e. The summed E-state index contributed by atoms with van der Waals surface area (Å²) < 4.78 is 5.07. The highest BCUT2D eigenvalue weighted by molar-refractivity contribution is 5.88. The maximum Gasteiger partial charge on any atom is 0.314 e. The number of aromatic amines is 1. The Labute approximate surface area is 162 Å². The standard InChI is InChI=1S/C19H26N2O3.C3H8/c1-3-21-9-8-15-14-6-4-5-7-17(14)20-18(15)16(19(23)24-2)10-13(11-21)12-22;1-3-2/h4-7,13,16,20,22H,3,8-12H2,1-2H3;3H2,1-2H3. The zero-order valence-electron chi connectivity index (χ0n) is 17.1. The van der Waals surface area contributed by atoms with Gasteiger partial charge in [-0.1, -0.05) is 45.4 Å². The van der Waals surface area contributed by atoms with Crippen LogP contribution in [0.4, 0.5) is 0 Å². The fraction of sp³-hybridized carbons (Fsp3) is 0.591. The predicted molar refractivity (Wildman–Crippen MR) is 110 cm³/mol. The van der Waals surface area contributed by atoms with Gasteiger partial charge in [0.15, 0.2) is 0 Å². The summed E-state index contributed by atoms with van der Waals surface area (Å²) in [5.41, 5.74) is 3.22. The first-order chi connectivity index (χ1) is 13.1. The number of esters is 1. The zero-order chi connectivity index (χ0) is 19.8. The number of para-hydroxylation sites is 1. The van der Waals surface area contributed by atoms with Crippen LogP contribution >= 0.6 is 0 Å². The number of methoxy groups -OCH3 is 1. The molecule has 0 aliphatic carbocycles. The maximum absolute atomic E-state index is 12.5. The van der Waals surface area contributed by atoms with E-state index in [4.69, 9.17) is 4.74 Å². The van der Waals surface area contributed by atoms with Gasteiger partial charge in [0.05, 0.1) is 13.0 Å². The van der Waals surface area contributed by atoms with Gasteiger partial charge in [-0.2, -0.15) is 0 Å². The molecule has 2 unspecified atom stereocenters. The van der Waals surface area contributed by atoms with E-state index >= 15 is 0 Å². The van der Waals surface area contributed by atoms with Crippen LogP contribution in [0.25, 0.3) is 10.9 Å². The van der Waals surface area contributed by atoms with E-state index in [0.29, 0.717) is 6.42 Å². The first kappa shape index (κ1) is 21.5. The third-order valence-corrected chi connectivity index (χ3v) is 5.15. The number of carbonyl (C=O) groups is 1. The van der Waals surface area contributed by atoms with Crippen LogP contribution in [-0.2, 0) is 16.0 Å². The summed E-state index contributed by atoms with van der Waals surface area (Å²) in [4.78, 5) is 18.3. The van der Waals surface area contributed by atoms with Crippen LogP contribution in [0.3, 0.4) is 0 Å². The fourth-order valence-electron chi connectivity index (χ4n) is 3.82. The number of nitrogens with one attached hydrogen (secondary N) is 1. The zero-order valence-corrected chi connectivity index (χ0v) is 17.1. The Bertz CT molecular complexity index is 725. The van der Waals surface area contributed by atoms with Gasteiger partial charge < -0.3 is 19.7 Å². The van der Waals surface area contributed by atoms with Crippen molar-refractivity contribution in [3.8, 4) is 0 Å². The molecule has 1 aliphatic rings. The third-order valence-electron chi connectivity index (χ3n) is 5.15. The second-order valence-corrected chi connectivity index (χ2v) is 7.27. The number of likely N-dealkylation sites (N-methyl/N-ethyl adjacent to an activating group) is 1. The lowest BCUT2D eigenvalue weighted by Gasteiger charge is -2.25. The highest BCUT2D eigenvalue weighted by Crippen LogP contribution is 2.34. The molecule has 1 aromatic carbocycles. The van der Waals surface area contributed by atoms with Crippen molar-refractivity contribution in [1.29, 1.82) is 0 Å². The summed E-state index contributed by atoms with van der Waals surface area (Å²) in [5, 5.41) is 11.0. The van der Waals surface area contributed by atoms with Crippen LogP contribution in [0, 0.1) is 5.92 Å². The molecule has 0 fully saturated rings. The molecule has 0 amide bonds. The number of ether oxygens (including phenoxy) is 1. The van der Waals surface area contributed by atoms with Crippen LogP contribution in [0.5, 0.6) is 0 Å². The Kier molecular flexibility index (Phi) is 8.32. The van der Waals surface area contributed by atoms with Gasteiger partial charge in [-0.3, -0.25) is 4.79 Å². The van der Waals surface area contributed by atoms with Crippen molar-refractivity contribution >= 4 is 16.9 Å². The van der Waals surface area contributed by atoms with Crippen molar-refractivity contribution in [2.45, 2.75) is 46.0 Å². The summed E-state index contributed by atoms with van der Waals surface area (Å²) in [6.45, 7) is 9.15. The smallest absolute Gasteiger partial charge is 0.314 e. The normalized spacial score (nSPS) is 20.6. The van der Waals surface area contributed by atoms with Crippen LogP contribution in [-0.4, -0.2) is 54.3 Å². The third kappa shape index (κ3) is 5.11. The van der Waals surface area contributed by atoms with Crippen molar-refractivity contribution in [2.24, 2.45) is 5.92 Å². The predicted octanol–water partition coefficient (Wildman–Crippen LogP) is 3.72. The number of aromatic nitrogens is 1. The fourth-order valence-corrected chi connectivity index (χ4v) is 3.82. The maximum atomic E-state index is 12.5. The van der Waals surface area contributed by atoms with Gasteiger partial charge in [0, 0.05) is 36.3 Å². The first-order valence-electron chi connectivity index (χ1n) is 10.1. The molecule has 2 atom stereocenters. The Hall–Kier alpha value is -1.85. The molecule has 5 heteroatoms. The minimum absolute atomic E-state index is 0.0615. The molecule has 0 spiro atoms. The van der Waals surface area contributed by atoms with E-state index in [1.54, 1.807) is 0 Å². The molecule has 0 saturated carbocycles. The number of nitrogens with zero attached hydrogens (tertiary/aromatic N) is 1. The lowest BCUT2D eigenvalue weighted by molar-refractivity contribution is -0.143. The average Bonchev–Trinajstić information content (AvgIpc) is 3.07. The molecular formula is C22H34N2O3. The first-order valence-corrected chi connectivity index (χ1v) is 10.1. The molecule has 27 heavy (non-hydrogen) atoms. The molecule has 2 aromatic rings. The van der Waals surface area contributed by atoms with Gasteiger partial charge in [0.1, 0.15) is 0 Å². The summed E-state index contributed by atoms with van der Waals surface area (Å²) in [7, 11) is 1.43. The minimum Gasteiger partial charge on any atom is -0.469 e. The molecule has 150 valence electrons. The number of fused-ring (bicyclic) bond motifs is 3. The van der Waals surface area contributed by atoms with E-state index in [2.05, 4.69) is 36.7 Å². The van der Waals surface area contributed by atoms with Gasteiger partial charge in [-0.15, -0.1) is 0 Å². The van der Waals surface area contributed by atoms with E-state index in [1.807, 2.05) is 18.2 Å². The molecule has 3 rings (SSSR count). The van der Waals surface area contributed by atoms with Gasteiger partial charge in [-0.25, -0.2) is 0 Å². The molecule has 2 N–H and O–H groups in total. The van der Waals surface area contributed by atoms with E-state index in [-0.39, 0.29) is 24.4 Å². The summed E-state index contributed by atoms with van der Waals surface area (Å²) in [6, 6.07) is 8.19. The van der Waals surface area contributed by atoms with Gasteiger partial charge >= 0.3 is 5.97 Å². The van der Waals surface area contributed by atoms with E-state index < -0.39 is 0 Å². The summed E-state index contributed by atoms with van der Waals surface area (Å²) >= 11 is 0. The number of aliphatic hydroxyl groups is 1. The topological polar surface area (TPSA) is 65.6 Å². The van der Waals surface area contributed by atoms with Crippen molar-refractivity contribution in [1.82, 2.24) is 9.88 Å². The lowest BCUT2D eigenvalue weighted by atomic mass is 9.90. The van der Waals surface area contributed by atoms with Crippen LogP contribution < -0.4 is 0 Å². The molecule has 0 bridgehead atoms. The van der Waals surface area contributed by atoms with Crippen molar-refractivity contribution in [3.05, 3.63) is 35.5 Å². The molecule has 1 aromatic heterocycles. The molecular weight excluding hydrogens is 340 g/mol. The number of benzene rings is 1. The molecule has 5 nitrogen and oxygen atoms in total. The Morgan fingerprint density at radius 2 is 2.00 bits per heavy atom. The van der Waals surface area contributed by atoms with E-state index in [1.165, 1.54) is 24.5 Å². The highest BCUT2D eigenvalue weighted by atomic mass is 16.5. The summed E-state index contributed by atoms with van der Waals surface area (Å²) in [6.07, 6.45) is 2.73. The molecule has 1 aliphatic heterocycles. The van der Waals surface area contributed by atoms with Gasteiger partial charge in [0.2, 0.25) is 0 Å². The monoisotopic (exact) mass is 374 g/mol. The number of H-pyrrole nitrogens is 1. The summed E-state index contributed by atoms with van der Waals surface area (Å²) in [5.74, 6) is -0.524. The van der Waals surface area contributed by atoms with Crippen LogP contribution in [0.15, 0.2) is 24.3 Å². The molecule has 0 saturated heterocycles. The Morgan fingerprint density at radius 1 is 1.30 bits per heavy atom. The number of carbonyl (C=O) groups excluding carboxylic acids is 1. The lowest BCUT2D eigenvalue weighted by Crippen LogP contribution is -2.33. The van der Waals surface area contributed by atoms with Crippen LogP contribution in [0.1, 0.15) is 50.8 Å². The Morgan fingerprint density at radius 3 is 2.63 bits per heavy atom. The SMILES string of the molecule is CCC.CCN1CCc2c([nH]c3ccccc23)C(C(=O)OC)CC(CO)C1. The number of hydrogen-bond acceptors (Lipinski definition) is 4. The van der Waals surface area contributed by atoms with Gasteiger partial charge in [0.25, 0.3) is 0 Å². The average molecular weight is 375 g/mol. The molecule has 0 radical (unpaired) electrons. The second-order valence-electron chi connectivity index (χ2n) is 7.27. The number of rotatable bonds is 3. The molecule has 2 heterocycles. The number of aliphatic hydroxyl groups excluding tert-OH is 1. The quantitative estimate of drug-likeness (QED) is 0.804. The minimum atomic E-state index is -0.355. The van der Waals surface area contributed by atoms with Crippen molar-refractivity contribution in [3.63, 3.8) is 0 Å². The second kappa shape index (κ2) is 10.5. The van der Waals surface area contributed by atoms with Crippen molar-refractivity contribution in [2.75, 3.05) is 33.4 Å². The Balaban J connectivity index is 0.000000817. The van der Waals surface area contributed by atoms with Crippen molar-refractivity contribution < 1.29 is 14.6 Å². The van der Waals surface area contributed by atoms with Gasteiger partial charge in [-0.05, 0) is 36.9 Å². The van der Waals surface area contributed by atoms with E-state index in [9.17, 15) is 9.90 Å².